The zero-order valence-electron chi connectivity index (χ0n) is 12.7. The van der Waals surface area contributed by atoms with E-state index in [0.717, 1.165) is 0 Å². The second kappa shape index (κ2) is 7.40. The van der Waals surface area contributed by atoms with Gasteiger partial charge in [-0.25, -0.2) is 4.68 Å². The molecule has 0 bridgehead atoms. The van der Waals surface area contributed by atoms with Crippen molar-refractivity contribution in [3.63, 3.8) is 0 Å². The third-order valence-corrected chi connectivity index (χ3v) is 4.83. The van der Waals surface area contributed by atoms with Gasteiger partial charge in [-0.15, -0.1) is 0 Å². The van der Waals surface area contributed by atoms with E-state index in [1.807, 2.05) is 0 Å². The molecule has 1 atom stereocenters. The molecule has 0 aliphatic heterocycles. The van der Waals surface area contributed by atoms with Crippen LogP contribution in [0.5, 0.6) is 0 Å². The summed E-state index contributed by atoms with van der Waals surface area (Å²) in [6.07, 6.45) is 5.93. The fraction of sp³-hybridized carbons (Fsp3) is 0.733. The number of nitrogens with one attached hydrogen (secondary N) is 1. The lowest BCUT2D eigenvalue weighted by molar-refractivity contribution is 0.261. The number of anilines is 1. The number of rotatable bonds is 7. The first-order valence-electron chi connectivity index (χ1n) is 7.66. The number of halogens is 1. The Balaban J connectivity index is 2.20. The van der Waals surface area contributed by atoms with Crippen LogP contribution in [-0.2, 0) is 6.54 Å². The number of hydrogen-bond acceptors (Lipinski definition) is 4. The van der Waals surface area contributed by atoms with Crippen molar-refractivity contribution < 1.29 is 5.11 Å². The predicted molar refractivity (Wildman–Crippen MR) is 87.5 cm³/mol. The fourth-order valence-electron chi connectivity index (χ4n) is 2.55. The van der Waals surface area contributed by atoms with Gasteiger partial charge in [-0.05, 0) is 47.0 Å². The summed E-state index contributed by atoms with van der Waals surface area (Å²) in [6, 6.07) is 0.0681. The molecule has 1 unspecified atom stereocenters. The van der Waals surface area contributed by atoms with Gasteiger partial charge in [0.15, 0.2) is 0 Å². The van der Waals surface area contributed by atoms with Gasteiger partial charge in [0.2, 0.25) is 0 Å². The van der Waals surface area contributed by atoms with Crippen LogP contribution >= 0.6 is 15.9 Å². The van der Waals surface area contributed by atoms with E-state index in [1.165, 1.54) is 19.3 Å². The minimum absolute atomic E-state index is 0.0681. The van der Waals surface area contributed by atoms with Gasteiger partial charge in [-0.1, -0.05) is 20.3 Å². The summed E-state index contributed by atoms with van der Waals surface area (Å²) >= 11 is 3.41. The van der Waals surface area contributed by atoms with Crippen LogP contribution in [0.15, 0.2) is 15.5 Å². The van der Waals surface area contributed by atoms with Crippen LogP contribution in [0.4, 0.5) is 5.69 Å². The van der Waals surface area contributed by atoms with E-state index in [-0.39, 0.29) is 18.2 Å². The maximum Gasteiger partial charge on any atom is 0.291 e. The molecular weight excluding hydrogens is 334 g/mol. The average molecular weight is 358 g/mol. The molecule has 0 radical (unpaired) electrons. The van der Waals surface area contributed by atoms with Crippen molar-refractivity contribution in [2.75, 3.05) is 11.9 Å². The third-order valence-electron chi connectivity index (χ3n) is 4.23. The van der Waals surface area contributed by atoms with Crippen LogP contribution in [0, 0.1) is 11.8 Å². The Bertz CT molecular complexity index is 526. The minimum atomic E-state index is -0.0835. The molecule has 1 aromatic heterocycles. The number of hydrogen-bond donors (Lipinski definition) is 2. The van der Waals surface area contributed by atoms with Gasteiger partial charge < -0.3 is 10.4 Å². The normalized spacial score (nSPS) is 16.8. The van der Waals surface area contributed by atoms with E-state index in [9.17, 15) is 4.79 Å². The highest BCUT2D eigenvalue weighted by Crippen LogP contribution is 2.27. The van der Waals surface area contributed by atoms with Crippen LogP contribution in [0.2, 0.25) is 0 Å². The Morgan fingerprint density at radius 1 is 1.52 bits per heavy atom. The van der Waals surface area contributed by atoms with E-state index in [0.29, 0.717) is 35.0 Å². The van der Waals surface area contributed by atoms with E-state index < -0.39 is 0 Å². The standard InChI is InChI=1S/C15H24BrN3O2/c1-10(2)13(6-7-20)18-14-12(16)8-17-19(15(14)21)9-11-4-3-5-11/h8,10-11,13,18,20H,3-7,9H2,1-2H3. The van der Waals surface area contributed by atoms with Crippen molar-refractivity contribution in [2.24, 2.45) is 11.8 Å². The van der Waals surface area contributed by atoms with Gasteiger partial charge in [-0.2, -0.15) is 5.10 Å². The number of nitrogens with zero attached hydrogens (tertiary/aromatic N) is 2. The smallest absolute Gasteiger partial charge is 0.291 e. The maximum atomic E-state index is 12.6. The molecule has 1 aliphatic carbocycles. The summed E-state index contributed by atoms with van der Waals surface area (Å²) in [5, 5.41) is 16.7. The summed E-state index contributed by atoms with van der Waals surface area (Å²) in [4.78, 5) is 12.6. The van der Waals surface area contributed by atoms with Crippen LogP contribution in [0.25, 0.3) is 0 Å². The van der Waals surface area contributed by atoms with Gasteiger partial charge in [-0.3, -0.25) is 4.79 Å². The van der Waals surface area contributed by atoms with Crippen LogP contribution in [0.1, 0.15) is 39.5 Å². The highest BCUT2D eigenvalue weighted by Gasteiger charge is 2.21. The molecular formula is C15H24BrN3O2. The van der Waals surface area contributed by atoms with Gasteiger partial charge in [0.05, 0.1) is 10.7 Å². The maximum absolute atomic E-state index is 12.6. The van der Waals surface area contributed by atoms with Crippen molar-refractivity contribution in [1.82, 2.24) is 9.78 Å². The molecule has 1 heterocycles. The Labute approximate surface area is 133 Å². The molecule has 2 N–H and O–H groups in total. The van der Waals surface area contributed by atoms with E-state index >= 15 is 0 Å². The SMILES string of the molecule is CC(C)C(CCO)Nc1c(Br)cnn(CC2CCC2)c1=O. The zero-order valence-corrected chi connectivity index (χ0v) is 14.3. The molecule has 6 heteroatoms. The van der Waals surface area contributed by atoms with Crippen molar-refractivity contribution in [3.8, 4) is 0 Å². The van der Waals surface area contributed by atoms with Gasteiger partial charge in [0, 0.05) is 19.2 Å². The molecule has 5 nitrogen and oxygen atoms in total. The second-order valence-electron chi connectivity index (χ2n) is 6.16. The Hall–Kier alpha value is -0.880. The van der Waals surface area contributed by atoms with Gasteiger partial charge in [0.1, 0.15) is 5.69 Å². The fourth-order valence-corrected chi connectivity index (χ4v) is 2.92. The first-order chi connectivity index (χ1) is 10.0. The quantitative estimate of drug-likeness (QED) is 0.786. The highest BCUT2D eigenvalue weighted by atomic mass is 79.9. The zero-order chi connectivity index (χ0) is 15.4. The summed E-state index contributed by atoms with van der Waals surface area (Å²) in [6.45, 7) is 4.96. The molecule has 1 saturated carbocycles. The van der Waals surface area contributed by atoms with Crippen molar-refractivity contribution >= 4 is 21.6 Å². The Kier molecular flexibility index (Phi) is 5.81. The van der Waals surface area contributed by atoms with E-state index in [1.54, 1.807) is 10.9 Å². The third kappa shape index (κ3) is 4.07. The molecule has 21 heavy (non-hydrogen) atoms. The van der Waals surface area contributed by atoms with E-state index in [4.69, 9.17) is 5.11 Å². The summed E-state index contributed by atoms with van der Waals surface area (Å²) in [7, 11) is 0. The summed E-state index contributed by atoms with van der Waals surface area (Å²) in [5.74, 6) is 0.916. The molecule has 1 aromatic rings. The number of aliphatic hydroxyl groups excluding tert-OH is 1. The van der Waals surface area contributed by atoms with Crippen LogP contribution < -0.4 is 10.9 Å². The largest absolute Gasteiger partial charge is 0.396 e. The molecule has 1 aliphatic rings. The molecule has 118 valence electrons. The van der Waals surface area contributed by atoms with E-state index in [2.05, 4.69) is 40.2 Å². The van der Waals surface area contributed by atoms with Gasteiger partial charge >= 0.3 is 0 Å². The molecule has 2 rings (SSSR count). The Morgan fingerprint density at radius 3 is 2.76 bits per heavy atom. The van der Waals surface area contributed by atoms with Crippen molar-refractivity contribution in [3.05, 3.63) is 21.0 Å². The molecule has 0 saturated heterocycles. The van der Waals surface area contributed by atoms with Crippen LogP contribution in [0.3, 0.4) is 0 Å². The molecule has 0 aromatic carbocycles. The summed E-state index contributed by atoms with van der Waals surface area (Å²) < 4.78 is 2.24. The highest BCUT2D eigenvalue weighted by molar-refractivity contribution is 9.10. The monoisotopic (exact) mass is 357 g/mol. The lowest BCUT2D eigenvalue weighted by Crippen LogP contribution is -2.35. The topological polar surface area (TPSA) is 67.2 Å². The van der Waals surface area contributed by atoms with Crippen molar-refractivity contribution in [2.45, 2.75) is 52.1 Å². The number of aromatic nitrogens is 2. The Morgan fingerprint density at radius 2 is 2.24 bits per heavy atom. The lowest BCUT2D eigenvalue weighted by Gasteiger charge is -2.26. The second-order valence-corrected chi connectivity index (χ2v) is 7.01. The lowest BCUT2D eigenvalue weighted by atomic mass is 9.85. The van der Waals surface area contributed by atoms with Gasteiger partial charge in [0.25, 0.3) is 5.56 Å². The first-order valence-corrected chi connectivity index (χ1v) is 8.45. The first kappa shape index (κ1) is 16.5. The van der Waals surface area contributed by atoms with Crippen LogP contribution in [-0.4, -0.2) is 27.5 Å². The molecule has 0 amide bonds. The minimum Gasteiger partial charge on any atom is -0.396 e. The molecule has 1 fully saturated rings. The van der Waals surface area contributed by atoms with Crippen molar-refractivity contribution in [1.29, 1.82) is 0 Å². The summed E-state index contributed by atoms with van der Waals surface area (Å²) in [5.41, 5.74) is 0.469. The number of aliphatic hydroxyl groups is 1. The average Bonchev–Trinajstić information content (AvgIpc) is 2.39. The molecule has 0 spiro atoms. The predicted octanol–water partition coefficient (Wildman–Crippen LogP) is 2.62.